The highest BCUT2D eigenvalue weighted by Crippen LogP contribution is 2.48. The number of fused-ring (bicyclic) bond motifs is 1. The summed E-state index contributed by atoms with van der Waals surface area (Å²) in [6.07, 6.45) is 0. The van der Waals surface area contributed by atoms with E-state index in [4.69, 9.17) is 28.2 Å². The van der Waals surface area contributed by atoms with Crippen molar-refractivity contribution >= 4 is 67.5 Å². The minimum atomic E-state index is -0.984. The maximum atomic E-state index is 12.6. The summed E-state index contributed by atoms with van der Waals surface area (Å²) in [5, 5.41) is 14.1. The van der Waals surface area contributed by atoms with Gasteiger partial charge in [0.15, 0.2) is 5.13 Å². The normalized spacial score (nSPS) is 21.2. The van der Waals surface area contributed by atoms with Crippen LogP contribution in [0.2, 0.25) is 10.0 Å². The molecule has 0 radical (unpaired) electrons. The van der Waals surface area contributed by atoms with Crippen LogP contribution in [0.1, 0.15) is 31.4 Å². The Morgan fingerprint density at radius 2 is 1.94 bits per heavy atom. The number of amides is 1. The van der Waals surface area contributed by atoms with E-state index in [1.54, 1.807) is 6.92 Å². The molecule has 11 heteroatoms. The number of carbonyl (C=O) groups excluding carboxylic acids is 1. The minimum absolute atomic E-state index is 0.0549. The van der Waals surface area contributed by atoms with Crippen LogP contribution in [0, 0.1) is 25.7 Å². The Morgan fingerprint density at radius 3 is 2.52 bits per heavy atom. The van der Waals surface area contributed by atoms with E-state index < -0.39 is 5.97 Å². The lowest BCUT2D eigenvalue weighted by Crippen LogP contribution is -2.34. The highest BCUT2D eigenvalue weighted by atomic mass is 79.9. The van der Waals surface area contributed by atoms with Crippen molar-refractivity contribution in [2.24, 2.45) is 11.8 Å². The van der Waals surface area contributed by atoms with Gasteiger partial charge in [0.05, 0.1) is 15.7 Å². The topological polar surface area (TPSA) is 98.3 Å². The van der Waals surface area contributed by atoms with Crippen LogP contribution in [0.5, 0.6) is 0 Å². The van der Waals surface area contributed by atoms with Crippen molar-refractivity contribution in [3.05, 3.63) is 54.5 Å². The lowest BCUT2D eigenvalue weighted by atomic mass is 10.1. The van der Waals surface area contributed by atoms with Crippen LogP contribution in [0.15, 0.2) is 22.7 Å². The van der Waals surface area contributed by atoms with Gasteiger partial charge >= 0.3 is 5.97 Å². The van der Waals surface area contributed by atoms with E-state index in [2.05, 4.69) is 31.1 Å². The average molecular weight is 570 g/mol. The number of rotatable bonds is 5. The molecule has 3 heterocycles. The van der Waals surface area contributed by atoms with Crippen molar-refractivity contribution in [3.8, 4) is 11.3 Å². The molecule has 1 aromatic carbocycles. The number of benzene rings is 1. The standard InChI is InChI=1S/C22H19BrCl2N4O3S/c1-8-5-10(23)3-4-11(8)17-19(21(31)32)33-22(28-17)29-6-12-13(7-29)16(12)27-20(30)18-15(25)14(24)9(2)26-18/h3-5,12-13,16,26H,6-7H2,1-2H3,(H,27,30)(H,31,32)/t12-,13+,16+. The first-order valence-electron chi connectivity index (χ1n) is 10.3. The van der Waals surface area contributed by atoms with E-state index in [-0.39, 0.29) is 39.4 Å². The Morgan fingerprint density at radius 1 is 1.24 bits per heavy atom. The fourth-order valence-electron chi connectivity index (χ4n) is 4.51. The zero-order chi connectivity index (χ0) is 23.6. The van der Waals surface area contributed by atoms with E-state index in [1.165, 1.54) is 11.3 Å². The van der Waals surface area contributed by atoms with Crippen LogP contribution in [0.4, 0.5) is 5.13 Å². The van der Waals surface area contributed by atoms with Gasteiger partial charge in [-0.15, -0.1) is 0 Å². The van der Waals surface area contributed by atoms with E-state index >= 15 is 0 Å². The molecule has 3 atom stereocenters. The molecule has 1 amide bonds. The van der Waals surface area contributed by atoms with Crippen LogP contribution in [-0.2, 0) is 0 Å². The van der Waals surface area contributed by atoms with Gasteiger partial charge < -0.3 is 20.3 Å². The summed E-state index contributed by atoms with van der Waals surface area (Å²) < 4.78 is 0.932. The first-order valence-corrected chi connectivity index (χ1v) is 12.6. The molecule has 33 heavy (non-hydrogen) atoms. The summed E-state index contributed by atoms with van der Waals surface area (Å²) >= 11 is 16.9. The summed E-state index contributed by atoms with van der Waals surface area (Å²) in [5.41, 5.74) is 3.19. The van der Waals surface area contributed by atoms with E-state index in [0.29, 0.717) is 34.6 Å². The molecule has 1 saturated carbocycles. The Bertz CT molecular complexity index is 1300. The molecule has 2 aliphatic rings. The lowest BCUT2D eigenvalue weighted by Gasteiger charge is -2.19. The molecule has 0 bridgehead atoms. The molecule has 2 aromatic heterocycles. The van der Waals surface area contributed by atoms with Gasteiger partial charge in [-0.25, -0.2) is 9.78 Å². The summed E-state index contributed by atoms with van der Waals surface area (Å²) in [4.78, 5) is 34.5. The highest BCUT2D eigenvalue weighted by Gasteiger charge is 2.57. The molecule has 1 aliphatic carbocycles. The van der Waals surface area contributed by atoms with Crippen LogP contribution in [0.3, 0.4) is 0 Å². The quantitative estimate of drug-likeness (QED) is 0.383. The number of anilines is 1. The fourth-order valence-corrected chi connectivity index (χ4v) is 6.34. The third kappa shape index (κ3) is 3.95. The molecule has 3 N–H and O–H groups in total. The Kier molecular flexibility index (Phi) is 5.71. The lowest BCUT2D eigenvalue weighted by molar-refractivity contribution is 0.0702. The van der Waals surface area contributed by atoms with Gasteiger partial charge in [-0.2, -0.15) is 0 Å². The molecule has 3 aromatic rings. The van der Waals surface area contributed by atoms with Crippen molar-refractivity contribution in [3.63, 3.8) is 0 Å². The molecule has 172 valence electrons. The first kappa shape index (κ1) is 22.7. The second-order valence-electron chi connectivity index (χ2n) is 8.42. The molecule has 0 unspecified atom stereocenters. The molecule has 1 aliphatic heterocycles. The second-order valence-corrected chi connectivity index (χ2v) is 11.1. The average Bonchev–Trinajstić information content (AvgIpc) is 3.14. The Balaban J connectivity index is 1.30. The second kappa shape index (κ2) is 8.30. The number of carboxylic acids is 1. The van der Waals surface area contributed by atoms with Gasteiger partial charge in [0.25, 0.3) is 5.91 Å². The van der Waals surface area contributed by atoms with Crippen molar-refractivity contribution in [2.45, 2.75) is 19.9 Å². The number of carboxylic acid groups (broad SMARTS) is 1. The largest absolute Gasteiger partial charge is 0.477 e. The predicted molar refractivity (Wildman–Crippen MR) is 133 cm³/mol. The van der Waals surface area contributed by atoms with Gasteiger partial charge in [-0.05, 0) is 31.5 Å². The van der Waals surface area contributed by atoms with Gasteiger partial charge in [0.1, 0.15) is 10.6 Å². The number of aromatic carboxylic acids is 1. The summed E-state index contributed by atoms with van der Waals surface area (Å²) in [7, 11) is 0. The van der Waals surface area contributed by atoms with Gasteiger partial charge in [-0.3, -0.25) is 4.79 Å². The molecule has 2 fully saturated rings. The molecule has 7 nitrogen and oxygen atoms in total. The van der Waals surface area contributed by atoms with Gasteiger partial charge in [0.2, 0.25) is 0 Å². The number of piperidine rings is 1. The SMILES string of the molecule is Cc1cc(Br)ccc1-c1nc(N2C[C@@H]3[C@H](C2)[C@H]3NC(=O)c2[nH]c(C)c(Cl)c2Cl)sc1C(=O)O. The Labute approximate surface area is 212 Å². The number of aromatic amines is 1. The van der Waals surface area contributed by atoms with Crippen molar-refractivity contribution < 1.29 is 14.7 Å². The van der Waals surface area contributed by atoms with Gasteiger partial charge in [0, 0.05) is 46.7 Å². The Hall–Kier alpha value is -2.07. The van der Waals surface area contributed by atoms with E-state index in [9.17, 15) is 14.7 Å². The van der Waals surface area contributed by atoms with Gasteiger partial charge in [-0.1, -0.05) is 56.5 Å². The summed E-state index contributed by atoms with van der Waals surface area (Å²) in [6, 6.07) is 5.77. The zero-order valence-corrected chi connectivity index (χ0v) is 21.5. The summed E-state index contributed by atoms with van der Waals surface area (Å²) in [6.45, 7) is 5.12. The fraction of sp³-hybridized carbons (Fsp3) is 0.318. The van der Waals surface area contributed by atoms with Crippen LogP contribution in [-0.4, -0.2) is 46.1 Å². The maximum Gasteiger partial charge on any atom is 0.348 e. The number of nitrogens with zero attached hydrogens (tertiary/aromatic N) is 2. The molecular formula is C22H19BrCl2N4O3S. The molecule has 5 rings (SSSR count). The van der Waals surface area contributed by atoms with E-state index in [0.717, 1.165) is 15.6 Å². The van der Waals surface area contributed by atoms with Crippen molar-refractivity contribution in [1.82, 2.24) is 15.3 Å². The monoisotopic (exact) mass is 568 g/mol. The van der Waals surface area contributed by atoms with Crippen LogP contribution in [0.25, 0.3) is 11.3 Å². The number of aryl methyl sites for hydroxylation is 2. The van der Waals surface area contributed by atoms with E-state index in [1.807, 2.05) is 25.1 Å². The van der Waals surface area contributed by atoms with Crippen LogP contribution < -0.4 is 10.2 Å². The number of nitrogens with one attached hydrogen (secondary N) is 2. The molecule has 0 spiro atoms. The highest BCUT2D eigenvalue weighted by molar-refractivity contribution is 9.10. The third-order valence-corrected chi connectivity index (χ3v) is 8.84. The molecular weight excluding hydrogens is 551 g/mol. The smallest absolute Gasteiger partial charge is 0.348 e. The maximum absolute atomic E-state index is 12.6. The zero-order valence-electron chi connectivity index (χ0n) is 17.6. The number of aromatic nitrogens is 2. The number of H-pyrrole nitrogens is 1. The first-order chi connectivity index (χ1) is 15.7. The number of carbonyl (C=O) groups is 2. The molecule has 1 saturated heterocycles. The minimum Gasteiger partial charge on any atom is -0.477 e. The number of hydrogen-bond acceptors (Lipinski definition) is 5. The number of halogens is 3. The van der Waals surface area contributed by atoms with Crippen LogP contribution >= 0.6 is 50.5 Å². The van der Waals surface area contributed by atoms with Crippen molar-refractivity contribution in [2.75, 3.05) is 18.0 Å². The third-order valence-electron chi connectivity index (χ3n) is 6.30. The number of hydrogen-bond donors (Lipinski definition) is 3. The number of thiazole rings is 1. The predicted octanol–water partition coefficient (Wildman–Crippen LogP) is 5.39. The summed E-state index contributed by atoms with van der Waals surface area (Å²) in [5.74, 6) is -0.678. The van der Waals surface area contributed by atoms with Crippen molar-refractivity contribution in [1.29, 1.82) is 0 Å².